The van der Waals surface area contributed by atoms with E-state index in [4.69, 9.17) is 4.74 Å². The van der Waals surface area contributed by atoms with E-state index in [0.717, 1.165) is 12.1 Å². The monoisotopic (exact) mass is 257 g/mol. The maximum Gasteiger partial charge on any atom is 0.182 e. The van der Waals surface area contributed by atoms with E-state index in [2.05, 4.69) is 0 Å². The predicted molar refractivity (Wildman–Crippen MR) is 64.7 cm³/mol. The van der Waals surface area contributed by atoms with E-state index in [1.54, 1.807) is 19.1 Å². The first-order valence-corrected chi connectivity index (χ1v) is 5.63. The number of carbonyl (C=O) groups is 1. The van der Waals surface area contributed by atoms with Gasteiger partial charge in [0.2, 0.25) is 0 Å². The minimum absolute atomic E-state index is 0.00575. The number of carbonyl (C=O) groups excluding carboxylic acids is 1. The van der Waals surface area contributed by atoms with Gasteiger partial charge in [0.15, 0.2) is 5.78 Å². The number of nitrogens with zero attached hydrogens (tertiary/aromatic N) is 1. The summed E-state index contributed by atoms with van der Waals surface area (Å²) in [4.78, 5) is 13.5. The first-order valence-electron chi connectivity index (χ1n) is 5.63. The van der Waals surface area contributed by atoms with E-state index >= 15 is 0 Å². The zero-order valence-electron chi connectivity index (χ0n) is 10.7. The maximum atomic E-state index is 13.4. The van der Waals surface area contributed by atoms with E-state index in [1.165, 1.54) is 6.07 Å². The summed E-state index contributed by atoms with van der Waals surface area (Å²) in [6, 6.07) is 3.39. The largest absolute Gasteiger partial charge is 0.383 e. The van der Waals surface area contributed by atoms with Crippen molar-refractivity contribution in [3.05, 3.63) is 35.4 Å². The Morgan fingerprint density at radius 3 is 2.44 bits per heavy atom. The molecule has 3 nitrogen and oxygen atoms in total. The van der Waals surface area contributed by atoms with Crippen LogP contribution in [0.5, 0.6) is 0 Å². The lowest BCUT2D eigenvalue weighted by Gasteiger charge is -2.23. The molecule has 18 heavy (non-hydrogen) atoms. The van der Waals surface area contributed by atoms with Crippen LogP contribution in [0.15, 0.2) is 18.2 Å². The maximum absolute atomic E-state index is 13.4. The van der Waals surface area contributed by atoms with E-state index in [-0.39, 0.29) is 12.6 Å². The van der Waals surface area contributed by atoms with E-state index in [9.17, 15) is 13.6 Å². The summed E-state index contributed by atoms with van der Waals surface area (Å²) in [5, 5.41) is 0. The number of rotatable bonds is 6. The lowest BCUT2D eigenvalue weighted by atomic mass is 10.1. The number of halogens is 2. The van der Waals surface area contributed by atoms with Crippen molar-refractivity contribution in [3.63, 3.8) is 0 Å². The fraction of sp³-hybridized carbons (Fsp3) is 0.462. The van der Waals surface area contributed by atoms with E-state index in [1.807, 2.05) is 6.92 Å². The van der Waals surface area contributed by atoms with Crippen LogP contribution in [0.1, 0.15) is 17.3 Å². The standard InChI is InChI=1S/C13H17F2NO2/c1-9(8-18-3)16(2)7-12(17)13-10(14)5-4-6-11(13)15/h4-6,9H,7-8H2,1-3H3. The molecule has 0 N–H and O–H groups in total. The summed E-state index contributed by atoms with van der Waals surface area (Å²) in [6.45, 7) is 2.26. The molecule has 1 aromatic carbocycles. The zero-order valence-corrected chi connectivity index (χ0v) is 10.7. The minimum Gasteiger partial charge on any atom is -0.383 e. The number of hydrogen-bond acceptors (Lipinski definition) is 3. The number of ketones is 1. The molecule has 1 aromatic rings. The van der Waals surface area contributed by atoms with Crippen LogP contribution in [0.4, 0.5) is 8.78 Å². The topological polar surface area (TPSA) is 29.5 Å². The van der Waals surface area contributed by atoms with Gasteiger partial charge in [-0.1, -0.05) is 6.07 Å². The molecule has 0 bridgehead atoms. The summed E-state index contributed by atoms with van der Waals surface area (Å²) >= 11 is 0. The minimum atomic E-state index is -0.826. The Bertz CT molecular complexity index is 403. The van der Waals surface area contributed by atoms with Gasteiger partial charge in [-0.2, -0.15) is 0 Å². The van der Waals surface area contributed by atoms with Crippen LogP contribution in [-0.2, 0) is 4.74 Å². The molecular weight excluding hydrogens is 240 g/mol. The third-order valence-corrected chi connectivity index (χ3v) is 2.79. The Morgan fingerprint density at radius 1 is 1.39 bits per heavy atom. The van der Waals surface area contributed by atoms with Gasteiger partial charge >= 0.3 is 0 Å². The number of ether oxygens (including phenoxy) is 1. The van der Waals surface area contributed by atoms with Gasteiger partial charge in [0.25, 0.3) is 0 Å². The van der Waals surface area contributed by atoms with Crippen molar-refractivity contribution in [1.82, 2.24) is 4.90 Å². The van der Waals surface area contributed by atoms with Gasteiger partial charge in [-0.05, 0) is 26.1 Å². The molecule has 0 radical (unpaired) electrons. The van der Waals surface area contributed by atoms with Gasteiger partial charge in [0.1, 0.15) is 11.6 Å². The highest BCUT2D eigenvalue weighted by molar-refractivity contribution is 5.98. The van der Waals surface area contributed by atoms with Crippen LogP contribution in [-0.4, -0.2) is 44.0 Å². The quantitative estimate of drug-likeness (QED) is 0.731. The first kappa shape index (κ1) is 14.7. The van der Waals surface area contributed by atoms with Crippen LogP contribution >= 0.6 is 0 Å². The second kappa shape index (κ2) is 6.56. The molecule has 1 rings (SSSR count). The molecule has 100 valence electrons. The molecule has 0 aliphatic heterocycles. The fourth-order valence-corrected chi connectivity index (χ4v) is 1.59. The molecule has 5 heteroatoms. The Morgan fingerprint density at radius 2 is 1.94 bits per heavy atom. The average Bonchev–Trinajstić information content (AvgIpc) is 2.28. The Labute approximate surface area is 105 Å². The molecule has 0 saturated carbocycles. The van der Waals surface area contributed by atoms with Crippen molar-refractivity contribution >= 4 is 5.78 Å². The highest BCUT2D eigenvalue weighted by Gasteiger charge is 2.20. The second-order valence-electron chi connectivity index (χ2n) is 4.24. The summed E-state index contributed by atoms with van der Waals surface area (Å²) in [5.74, 6) is -2.23. The third kappa shape index (κ3) is 3.58. The van der Waals surface area contributed by atoms with Crippen molar-refractivity contribution < 1.29 is 18.3 Å². The van der Waals surface area contributed by atoms with Gasteiger partial charge in [-0.15, -0.1) is 0 Å². The van der Waals surface area contributed by atoms with Crippen LogP contribution in [0, 0.1) is 11.6 Å². The van der Waals surface area contributed by atoms with Gasteiger partial charge in [0.05, 0.1) is 18.7 Å². The first-order chi connectivity index (χ1) is 8.47. The lowest BCUT2D eigenvalue weighted by Crippen LogP contribution is -2.37. The molecule has 0 aliphatic rings. The Balaban J connectivity index is 2.77. The number of Topliss-reactive ketones (excluding diaryl/α,β-unsaturated/α-hetero) is 1. The molecule has 1 unspecified atom stereocenters. The van der Waals surface area contributed by atoms with Crippen molar-refractivity contribution in [2.45, 2.75) is 13.0 Å². The van der Waals surface area contributed by atoms with Crippen molar-refractivity contribution in [2.24, 2.45) is 0 Å². The van der Waals surface area contributed by atoms with E-state index < -0.39 is 23.0 Å². The highest BCUT2D eigenvalue weighted by Crippen LogP contribution is 2.13. The van der Waals surface area contributed by atoms with Crippen molar-refractivity contribution in [3.8, 4) is 0 Å². The van der Waals surface area contributed by atoms with Crippen LogP contribution in [0.3, 0.4) is 0 Å². The van der Waals surface area contributed by atoms with E-state index in [0.29, 0.717) is 6.61 Å². The average molecular weight is 257 g/mol. The van der Waals surface area contributed by atoms with Gasteiger partial charge < -0.3 is 4.74 Å². The predicted octanol–water partition coefficient (Wildman–Crippen LogP) is 2.11. The molecule has 0 aromatic heterocycles. The number of likely N-dealkylation sites (N-methyl/N-ethyl adjacent to an activating group) is 1. The summed E-state index contributed by atoms with van der Waals surface area (Å²) in [6.07, 6.45) is 0. The molecule has 0 saturated heterocycles. The normalized spacial score (nSPS) is 12.8. The SMILES string of the molecule is COCC(C)N(C)CC(=O)c1c(F)cccc1F. The van der Waals surface area contributed by atoms with Gasteiger partial charge in [-0.25, -0.2) is 8.78 Å². The van der Waals surface area contributed by atoms with Crippen molar-refractivity contribution in [2.75, 3.05) is 27.3 Å². The summed E-state index contributed by atoms with van der Waals surface area (Å²) < 4.78 is 31.8. The van der Waals surface area contributed by atoms with Crippen LogP contribution < -0.4 is 0 Å². The summed E-state index contributed by atoms with van der Waals surface area (Å²) in [5.41, 5.74) is -0.478. The molecule has 0 aliphatic carbocycles. The Kier molecular flexibility index (Phi) is 5.37. The summed E-state index contributed by atoms with van der Waals surface area (Å²) in [7, 11) is 3.27. The second-order valence-corrected chi connectivity index (χ2v) is 4.24. The highest BCUT2D eigenvalue weighted by atomic mass is 19.1. The van der Waals surface area contributed by atoms with Crippen LogP contribution in [0.25, 0.3) is 0 Å². The van der Waals surface area contributed by atoms with Crippen LogP contribution in [0.2, 0.25) is 0 Å². The number of methoxy groups -OCH3 is 1. The van der Waals surface area contributed by atoms with Crippen molar-refractivity contribution in [1.29, 1.82) is 0 Å². The fourth-order valence-electron chi connectivity index (χ4n) is 1.59. The lowest BCUT2D eigenvalue weighted by molar-refractivity contribution is 0.0834. The zero-order chi connectivity index (χ0) is 13.7. The molecule has 0 spiro atoms. The Hall–Kier alpha value is -1.33. The molecule has 0 heterocycles. The number of hydrogen-bond donors (Lipinski definition) is 0. The molecule has 0 amide bonds. The molecule has 1 atom stereocenters. The number of benzene rings is 1. The third-order valence-electron chi connectivity index (χ3n) is 2.79. The molecular formula is C13H17F2NO2. The molecule has 0 fully saturated rings. The smallest absolute Gasteiger partial charge is 0.182 e. The van der Waals surface area contributed by atoms with Gasteiger partial charge in [0, 0.05) is 13.2 Å². The van der Waals surface area contributed by atoms with Gasteiger partial charge in [-0.3, -0.25) is 9.69 Å².